The molecule has 5 rings (SSSR count). The Morgan fingerprint density at radius 2 is 2.03 bits per heavy atom. The standard InChI is InChI=1S/C21H27N7O2/c1-14-11-22-6-7-27(14)21(30)26-8-9-28-15(13-26)12-23-20-18(28)10-17(24-25-20)16-4-2-3-5-19(16)29/h2-5,10,14-15,22,29H,6-9,11-13H2,1H3,(H,23,25)/t14-,15-/m0/s1. The molecule has 3 aliphatic rings. The number of para-hydroxylation sites is 1. The second-order valence-corrected chi connectivity index (χ2v) is 8.18. The smallest absolute Gasteiger partial charge is 0.320 e. The van der Waals surface area contributed by atoms with Gasteiger partial charge in [0.1, 0.15) is 5.75 Å². The van der Waals surface area contributed by atoms with Gasteiger partial charge in [-0.25, -0.2) is 4.79 Å². The van der Waals surface area contributed by atoms with Crippen LogP contribution in [0.2, 0.25) is 0 Å². The van der Waals surface area contributed by atoms with Gasteiger partial charge in [-0.15, -0.1) is 10.2 Å². The topological polar surface area (TPSA) is 96.9 Å². The molecule has 2 aromatic rings. The molecule has 0 spiro atoms. The lowest BCUT2D eigenvalue weighted by Gasteiger charge is -2.47. The molecule has 3 N–H and O–H groups in total. The number of fused-ring (bicyclic) bond motifs is 3. The van der Waals surface area contributed by atoms with E-state index in [4.69, 9.17) is 0 Å². The summed E-state index contributed by atoms with van der Waals surface area (Å²) in [6.45, 7) is 7.37. The Morgan fingerprint density at radius 3 is 2.87 bits per heavy atom. The Balaban J connectivity index is 1.36. The van der Waals surface area contributed by atoms with E-state index in [1.807, 2.05) is 28.0 Å². The number of phenols is 1. The van der Waals surface area contributed by atoms with Crippen LogP contribution in [0.15, 0.2) is 30.3 Å². The number of aromatic nitrogens is 2. The lowest BCUT2D eigenvalue weighted by molar-refractivity contribution is 0.118. The van der Waals surface area contributed by atoms with Crippen molar-refractivity contribution in [3.63, 3.8) is 0 Å². The van der Waals surface area contributed by atoms with Crippen molar-refractivity contribution in [3.05, 3.63) is 30.3 Å². The molecule has 30 heavy (non-hydrogen) atoms. The number of benzene rings is 1. The molecule has 3 aliphatic heterocycles. The highest BCUT2D eigenvalue weighted by Crippen LogP contribution is 2.36. The van der Waals surface area contributed by atoms with Crippen molar-refractivity contribution in [2.24, 2.45) is 0 Å². The first-order chi connectivity index (χ1) is 14.6. The monoisotopic (exact) mass is 409 g/mol. The molecule has 4 heterocycles. The van der Waals surface area contributed by atoms with Crippen LogP contribution in [0.5, 0.6) is 5.75 Å². The van der Waals surface area contributed by atoms with E-state index in [0.717, 1.165) is 44.2 Å². The Bertz CT molecular complexity index is 953. The summed E-state index contributed by atoms with van der Waals surface area (Å²) in [7, 11) is 0. The predicted octanol–water partition coefficient (Wildman–Crippen LogP) is 1.18. The number of carbonyl (C=O) groups excluding carboxylic acids is 1. The molecule has 0 aliphatic carbocycles. The van der Waals surface area contributed by atoms with Crippen molar-refractivity contribution in [1.29, 1.82) is 0 Å². The summed E-state index contributed by atoms with van der Waals surface area (Å²) in [5, 5.41) is 25.5. The number of nitrogens with one attached hydrogen (secondary N) is 2. The van der Waals surface area contributed by atoms with Crippen LogP contribution in [0.3, 0.4) is 0 Å². The summed E-state index contributed by atoms with van der Waals surface area (Å²) in [5.74, 6) is 0.938. The highest BCUT2D eigenvalue weighted by Gasteiger charge is 2.37. The summed E-state index contributed by atoms with van der Waals surface area (Å²) in [5.41, 5.74) is 2.28. The Labute approximate surface area is 175 Å². The van der Waals surface area contributed by atoms with Crippen molar-refractivity contribution in [1.82, 2.24) is 25.3 Å². The number of anilines is 2. The second-order valence-electron chi connectivity index (χ2n) is 8.18. The van der Waals surface area contributed by atoms with Gasteiger partial charge in [-0.3, -0.25) is 0 Å². The first kappa shape index (κ1) is 18.9. The van der Waals surface area contributed by atoms with Crippen LogP contribution < -0.4 is 15.5 Å². The van der Waals surface area contributed by atoms with Gasteiger partial charge in [-0.2, -0.15) is 0 Å². The summed E-state index contributed by atoms with van der Waals surface area (Å²) in [6.07, 6.45) is 0. The van der Waals surface area contributed by atoms with Crippen molar-refractivity contribution in [3.8, 4) is 17.0 Å². The number of amides is 2. The largest absolute Gasteiger partial charge is 0.507 e. The number of piperazine rings is 2. The summed E-state index contributed by atoms with van der Waals surface area (Å²) in [6, 6.07) is 9.66. The molecule has 9 heteroatoms. The van der Waals surface area contributed by atoms with Crippen LogP contribution in [-0.2, 0) is 0 Å². The second kappa shape index (κ2) is 7.64. The number of phenolic OH excluding ortho intramolecular Hbond substituents is 1. The summed E-state index contributed by atoms with van der Waals surface area (Å²) < 4.78 is 0. The van der Waals surface area contributed by atoms with Crippen LogP contribution >= 0.6 is 0 Å². The zero-order valence-corrected chi connectivity index (χ0v) is 17.1. The van der Waals surface area contributed by atoms with Crippen molar-refractivity contribution >= 4 is 17.5 Å². The molecule has 158 valence electrons. The minimum atomic E-state index is 0.136. The first-order valence-corrected chi connectivity index (χ1v) is 10.5. The van der Waals surface area contributed by atoms with Gasteiger partial charge in [0.05, 0.1) is 17.4 Å². The lowest BCUT2D eigenvalue weighted by atomic mass is 10.1. The van der Waals surface area contributed by atoms with Crippen molar-refractivity contribution in [2.75, 3.05) is 56.0 Å². The Morgan fingerprint density at radius 1 is 1.17 bits per heavy atom. The average molecular weight is 409 g/mol. The molecule has 2 amide bonds. The van der Waals surface area contributed by atoms with Crippen LogP contribution in [0.25, 0.3) is 11.3 Å². The molecule has 2 saturated heterocycles. The van der Waals surface area contributed by atoms with E-state index >= 15 is 0 Å². The van der Waals surface area contributed by atoms with Crippen molar-refractivity contribution < 1.29 is 9.90 Å². The molecule has 0 bridgehead atoms. The van der Waals surface area contributed by atoms with Gasteiger partial charge in [-0.1, -0.05) is 12.1 Å². The van der Waals surface area contributed by atoms with Gasteiger partial charge in [0.15, 0.2) is 5.82 Å². The summed E-state index contributed by atoms with van der Waals surface area (Å²) >= 11 is 0. The Kier molecular flexibility index (Phi) is 4.82. The predicted molar refractivity (Wildman–Crippen MR) is 115 cm³/mol. The number of hydrogen-bond donors (Lipinski definition) is 3. The maximum absolute atomic E-state index is 13.1. The maximum atomic E-state index is 13.1. The minimum Gasteiger partial charge on any atom is -0.507 e. The number of nitrogens with zero attached hydrogens (tertiary/aromatic N) is 5. The molecule has 1 aromatic carbocycles. The fourth-order valence-electron chi connectivity index (χ4n) is 4.59. The first-order valence-electron chi connectivity index (χ1n) is 10.5. The third-order valence-electron chi connectivity index (χ3n) is 6.27. The van der Waals surface area contributed by atoms with E-state index in [2.05, 4.69) is 32.7 Å². The zero-order valence-electron chi connectivity index (χ0n) is 17.1. The van der Waals surface area contributed by atoms with E-state index in [-0.39, 0.29) is 23.9 Å². The van der Waals surface area contributed by atoms with E-state index < -0.39 is 0 Å². The number of hydrogen-bond acceptors (Lipinski definition) is 7. The van der Waals surface area contributed by atoms with E-state index in [1.165, 1.54) is 0 Å². The van der Waals surface area contributed by atoms with E-state index in [1.54, 1.807) is 12.1 Å². The summed E-state index contributed by atoms with van der Waals surface area (Å²) in [4.78, 5) is 19.4. The fraction of sp³-hybridized carbons (Fsp3) is 0.476. The van der Waals surface area contributed by atoms with Gasteiger partial charge in [0.2, 0.25) is 0 Å². The van der Waals surface area contributed by atoms with E-state index in [0.29, 0.717) is 24.3 Å². The van der Waals surface area contributed by atoms with Gasteiger partial charge in [-0.05, 0) is 25.1 Å². The molecule has 2 atom stereocenters. The van der Waals surface area contributed by atoms with Crippen LogP contribution in [0, 0.1) is 0 Å². The highest BCUT2D eigenvalue weighted by molar-refractivity contribution is 5.78. The number of rotatable bonds is 1. The molecule has 0 saturated carbocycles. The number of carbonyl (C=O) groups is 1. The molecule has 1 aromatic heterocycles. The number of aromatic hydroxyl groups is 1. The molecule has 0 unspecified atom stereocenters. The van der Waals surface area contributed by atoms with Crippen LogP contribution in [0.1, 0.15) is 6.92 Å². The molecule has 0 radical (unpaired) electrons. The molecule has 2 fully saturated rings. The van der Waals surface area contributed by atoms with E-state index in [9.17, 15) is 9.90 Å². The van der Waals surface area contributed by atoms with Crippen LogP contribution in [0.4, 0.5) is 16.3 Å². The van der Waals surface area contributed by atoms with Gasteiger partial charge in [0, 0.05) is 57.4 Å². The third kappa shape index (κ3) is 3.28. The average Bonchev–Trinajstić information content (AvgIpc) is 2.78. The van der Waals surface area contributed by atoms with Gasteiger partial charge >= 0.3 is 6.03 Å². The van der Waals surface area contributed by atoms with Crippen LogP contribution in [-0.4, -0.2) is 89.0 Å². The SMILES string of the molecule is C[C@H]1CNCCN1C(=O)N1CCN2c3cc(-c4ccccc4O)nnc3NC[C@H]2C1. The molecular weight excluding hydrogens is 382 g/mol. The van der Waals surface area contributed by atoms with Gasteiger partial charge in [0.25, 0.3) is 0 Å². The molecule has 9 nitrogen and oxygen atoms in total. The lowest BCUT2D eigenvalue weighted by Crippen LogP contribution is -2.63. The normalized spacial score (nSPS) is 23.4. The van der Waals surface area contributed by atoms with Gasteiger partial charge < -0.3 is 30.4 Å². The third-order valence-corrected chi connectivity index (χ3v) is 6.27. The highest BCUT2D eigenvalue weighted by atomic mass is 16.3. The minimum absolute atomic E-state index is 0.136. The fourth-order valence-corrected chi connectivity index (χ4v) is 4.59. The quantitative estimate of drug-likeness (QED) is 0.651. The maximum Gasteiger partial charge on any atom is 0.320 e. The Hall–Kier alpha value is -3.07. The zero-order chi connectivity index (χ0) is 20.7. The number of urea groups is 1. The molecular formula is C21H27N7O2. The van der Waals surface area contributed by atoms with Crippen molar-refractivity contribution in [2.45, 2.75) is 19.0 Å².